The zero-order valence-corrected chi connectivity index (χ0v) is 11.6. The predicted molar refractivity (Wildman–Crippen MR) is 74.9 cm³/mol. The summed E-state index contributed by atoms with van der Waals surface area (Å²) in [5.74, 6) is 3.28. The number of amides is 1. The molecule has 1 aromatic carbocycles. The van der Waals surface area contributed by atoms with Crippen LogP contribution in [0.15, 0.2) is 29.2 Å². The Labute approximate surface area is 112 Å². The molecule has 1 amide bonds. The van der Waals surface area contributed by atoms with E-state index in [1.54, 1.807) is 13.8 Å². The van der Waals surface area contributed by atoms with E-state index in [1.807, 2.05) is 31.2 Å². The van der Waals surface area contributed by atoms with Crippen LogP contribution in [0.3, 0.4) is 0 Å². The minimum atomic E-state index is -0.637. The summed E-state index contributed by atoms with van der Waals surface area (Å²) in [7, 11) is 0. The highest BCUT2D eigenvalue weighted by Gasteiger charge is 2.17. The number of carbonyl (C=O) groups excluding carboxylic acids is 1. The van der Waals surface area contributed by atoms with Crippen LogP contribution in [-0.4, -0.2) is 17.4 Å². The third-order valence-electron chi connectivity index (χ3n) is 2.10. The van der Waals surface area contributed by atoms with E-state index in [4.69, 9.17) is 11.2 Å². The molecule has 1 aromatic rings. The van der Waals surface area contributed by atoms with Gasteiger partial charge in [0.25, 0.3) is 5.24 Å². The van der Waals surface area contributed by atoms with Crippen molar-refractivity contribution in [3.8, 4) is 18.1 Å². The molecule has 3 nitrogen and oxygen atoms in total. The first-order chi connectivity index (χ1) is 8.46. The maximum absolute atomic E-state index is 11.8. The van der Waals surface area contributed by atoms with Crippen molar-refractivity contribution < 1.29 is 9.53 Å². The molecule has 0 aliphatic heterocycles. The van der Waals surface area contributed by atoms with E-state index in [0.29, 0.717) is 6.61 Å². The van der Waals surface area contributed by atoms with Crippen molar-refractivity contribution >= 4 is 17.0 Å². The van der Waals surface area contributed by atoms with E-state index in [9.17, 15) is 4.79 Å². The number of nitrogens with one attached hydrogen (secondary N) is 1. The van der Waals surface area contributed by atoms with E-state index < -0.39 is 5.54 Å². The quantitative estimate of drug-likeness (QED) is 0.669. The van der Waals surface area contributed by atoms with Gasteiger partial charge in [-0.1, -0.05) is 12.0 Å². The SMILES string of the molecule is C#CC(C)(C)NC(=O)Sc1cccc(OCC)c1. The first-order valence-electron chi connectivity index (χ1n) is 5.67. The normalized spacial score (nSPS) is 10.6. The number of benzene rings is 1. The molecule has 1 N–H and O–H groups in total. The number of terminal acetylenes is 1. The van der Waals surface area contributed by atoms with Crippen molar-refractivity contribution in [3.63, 3.8) is 0 Å². The highest BCUT2D eigenvalue weighted by molar-refractivity contribution is 8.13. The van der Waals surface area contributed by atoms with Gasteiger partial charge in [0.2, 0.25) is 0 Å². The van der Waals surface area contributed by atoms with Crippen LogP contribution in [0.25, 0.3) is 0 Å². The minimum Gasteiger partial charge on any atom is -0.494 e. The van der Waals surface area contributed by atoms with Crippen LogP contribution < -0.4 is 10.1 Å². The number of thioether (sulfide) groups is 1. The highest BCUT2D eigenvalue weighted by Crippen LogP contribution is 2.24. The van der Waals surface area contributed by atoms with Crippen LogP contribution in [-0.2, 0) is 0 Å². The van der Waals surface area contributed by atoms with Gasteiger partial charge in [-0.3, -0.25) is 4.79 Å². The Balaban J connectivity index is 2.65. The lowest BCUT2D eigenvalue weighted by Crippen LogP contribution is -2.39. The number of carbonyl (C=O) groups is 1. The fourth-order valence-corrected chi connectivity index (χ4v) is 2.06. The van der Waals surface area contributed by atoms with E-state index in [1.165, 1.54) is 0 Å². The summed E-state index contributed by atoms with van der Waals surface area (Å²) in [6, 6.07) is 7.40. The van der Waals surface area contributed by atoms with Crippen molar-refractivity contribution in [2.24, 2.45) is 0 Å². The van der Waals surface area contributed by atoms with Gasteiger partial charge in [0.05, 0.1) is 12.1 Å². The molecule has 0 heterocycles. The van der Waals surface area contributed by atoms with Crippen molar-refractivity contribution in [3.05, 3.63) is 24.3 Å². The van der Waals surface area contributed by atoms with Gasteiger partial charge in [-0.15, -0.1) is 6.42 Å². The van der Waals surface area contributed by atoms with Gasteiger partial charge >= 0.3 is 0 Å². The summed E-state index contributed by atoms with van der Waals surface area (Å²) in [6.45, 7) is 6.08. The molecule has 0 aromatic heterocycles. The van der Waals surface area contributed by atoms with Crippen molar-refractivity contribution in [1.29, 1.82) is 0 Å². The van der Waals surface area contributed by atoms with Crippen LogP contribution in [0.2, 0.25) is 0 Å². The monoisotopic (exact) mass is 263 g/mol. The van der Waals surface area contributed by atoms with Gasteiger partial charge in [0, 0.05) is 4.90 Å². The first-order valence-corrected chi connectivity index (χ1v) is 6.49. The number of hydrogen-bond acceptors (Lipinski definition) is 3. The van der Waals surface area contributed by atoms with E-state index in [2.05, 4.69) is 11.2 Å². The van der Waals surface area contributed by atoms with E-state index >= 15 is 0 Å². The fourth-order valence-electron chi connectivity index (χ4n) is 1.22. The number of hydrogen-bond donors (Lipinski definition) is 1. The Morgan fingerprint density at radius 2 is 2.28 bits per heavy atom. The average Bonchev–Trinajstić information content (AvgIpc) is 2.29. The maximum atomic E-state index is 11.8. The number of ether oxygens (including phenoxy) is 1. The van der Waals surface area contributed by atoms with Gasteiger partial charge in [-0.05, 0) is 50.7 Å². The molecule has 4 heteroatoms. The third-order valence-corrected chi connectivity index (χ3v) is 2.88. The maximum Gasteiger partial charge on any atom is 0.285 e. The Bertz CT molecular complexity index is 463. The molecule has 0 radical (unpaired) electrons. The van der Waals surface area contributed by atoms with Gasteiger partial charge in [0.15, 0.2) is 0 Å². The molecule has 1 rings (SSSR count). The second-order valence-electron chi connectivity index (χ2n) is 4.19. The van der Waals surface area contributed by atoms with Crippen LogP contribution in [0.5, 0.6) is 5.75 Å². The summed E-state index contributed by atoms with van der Waals surface area (Å²) in [4.78, 5) is 12.6. The van der Waals surface area contributed by atoms with E-state index in [0.717, 1.165) is 22.4 Å². The van der Waals surface area contributed by atoms with Crippen molar-refractivity contribution in [2.75, 3.05) is 6.61 Å². The second-order valence-corrected chi connectivity index (χ2v) is 5.24. The van der Waals surface area contributed by atoms with E-state index in [-0.39, 0.29) is 5.24 Å². The molecule has 0 atom stereocenters. The summed E-state index contributed by atoms with van der Waals surface area (Å²) in [6.07, 6.45) is 5.32. The zero-order chi connectivity index (χ0) is 13.6. The Kier molecular flexibility index (Phi) is 5.11. The van der Waals surface area contributed by atoms with Gasteiger partial charge in [-0.2, -0.15) is 0 Å². The van der Waals surface area contributed by atoms with Crippen LogP contribution in [0, 0.1) is 12.3 Å². The number of rotatable bonds is 4. The topological polar surface area (TPSA) is 38.3 Å². The fraction of sp³-hybridized carbons (Fsp3) is 0.357. The Hall–Kier alpha value is -1.60. The second kappa shape index (κ2) is 6.36. The van der Waals surface area contributed by atoms with Crippen molar-refractivity contribution in [1.82, 2.24) is 5.32 Å². The molecule has 0 aliphatic carbocycles. The lowest BCUT2D eigenvalue weighted by atomic mass is 10.1. The lowest BCUT2D eigenvalue weighted by molar-refractivity contribution is 0.256. The average molecular weight is 263 g/mol. The molecule has 0 aliphatic rings. The summed E-state index contributed by atoms with van der Waals surface area (Å²) in [5.41, 5.74) is -0.637. The van der Waals surface area contributed by atoms with Crippen LogP contribution in [0.4, 0.5) is 4.79 Å². The van der Waals surface area contributed by atoms with Crippen molar-refractivity contribution in [2.45, 2.75) is 31.2 Å². The minimum absolute atomic E-state index is 0.174. The van der Waals surface area contributed by atoms with Gasteiger partial charge < -0.3 is 10.1 Å². The third kappa shape index (κ3) is 4.72. The Morgan fingerprint density at radius 1 is 1.56 bits per heavy atom. The van der Waals surface area contributed by atoms with Crippen LogP contribution in [0.1, 0.15) is 20.8 Å². The molecule has 0 fully saturated rings. The summed E-state index contributed by atoms with van der Waals surface area (Å²) in [5, 5.41) is 2.58. The van der Waals surface area contributed by atoms with Crippen LogP contribution >= 0.6 is 11.8 Å². The molecule has 18 heavy (non-hydrogen) atoms. The standard InChI is InChI=1S/C14H17NO2S/c1-5-14(3,4)15-13(16)18-12-9-7-8-11(10-12)17-6-2/h1,7-10H,6H2,2-4H3,(H,15,16). The molecular weight excluding hydrogens is 246 g/mol. The molecule has 0 bridgehead atoms. The molecule has 0 saturated carbocycles. The first kappa shape index (κ1) is 14.5. The summed E-state index contributed by atoms with van der Waals surface area (Å²) < 4.78 is 5.37. The predicted octanol–water partition coefficient (Wildman–Crippen LogP) is 3.30. The molecule has 0 unspecified atom stereocenters. The summed E-state index contributed by atoms with van der Waals surface area (Å²) >= 11 is 1.10. The Morgan fingerprint density at radius 3 is 2.89 bits per heavy atom. The largest absolute Gasteiger partial charge is 0.494 e. The highest BCUT2D eigenvalue weighted by atomic mass is 32.2. The van der Waals surface area contributed by atoms with Gasteiger partial charge in [-0.25, -0.2) is 0 Å². The molecule has 96 valence electrons. The molecule has 0 spiro atoms. The van der Waals surface area contributed by atoms with Gasteiger partial charge in [0.1, 0.15) is 5.75 Å². The zero-order valence-electron chi connectivity index (χ0n) is 10.8. The molecular formula is C14H17NO2S. The molecule has 0 saturated heterocycles. The lowest BCUT2D eigenvalue weighted by Gasteiger charge is -2.18. The smallest absolute Gasteiger partial charge is 0.285 e.